The molecule has 106 valence electrons. The zero-order valence-corrected chi connectivity index (χ0v) is 12.1. The van der Waals surface area contributed by atoms with Gasteiger partial charge in [-0.25, -0.2) is 23.1 Å². The lowest BCUT2D eigenvalue weighted by Crippen LogP contribution is -2.37. The Kier molecular flexibility index (Phi) is 4.36. The van der Waals surface area contributed by atoms with Gasteiger partial charge >= 0.3 is 0 Å². The second-order valence-electron chi connectivity index (χ2n) is 5.07. The normalized spacial score (nSPS) is 24.1. The number of nitrogens with zero attached hydrogens (tertiary/aromatic N) is 2. The second-order valence-corrected chi connectivity index (χ2v) is 6.78. The molecule has 0 saturated heterocycles. The average Bonchev–Trinajstić information content (AvgIpc) is 2.41. The lowest BCUT2D eigenvalue weighted by atomic mass is 9.88. The summed E-state index contributed by atoms with van der Waals surface area (Å²) in [6.07, 6.45) is 6.59. The van der Waals surface area contributed by atoms with Gasteiger partial charge in [0.1, 0.15) is 4.90 Å². The van der Waals surface area contributed by atoms with E-state index in [0.29, 0.717) is 11.9 Å². The Labute approximate surface area is 114 Å². The molecule has 0 bridgehead atoms. The van der Waals surface area contributed by atoms with Gasteiger partial charge in [-0.3, -0.25) is 0 Å². The topological polar surface area (TPSA) is 84.0 Å². The van der Waals surface area contributed by atoms with Crippen LogP contribution in [0.15, 0.2) is 17.3 Å². The van der Waals surface area contributed by atoms with Crippen molar-refractivity contribution >= 4 is 16.0 Å². The summed E-state index contributed by atoms with van der Waals surface area (Å²) < 4.78 is 27.1. The van der Waals surface area contributed by atoms with Crippen molar-refractivity contribution in [3.05, 3.63) is 12.4 Å². The van der Waals surface area contributed by atoms with Gasteiger partial charge in [-0.2, -0.15) is 0 Å². The fourth-order valence-electron chi connectivity index (χ4n) is 2.25. The predicted molar refractivity (Wildman–Crippen MR) is 73.3 cm³/mol. The van der Waals surface area contributed by atoms with Crippen molar-refractivity contribution < 1.29 is 8.42 Å². The zero-order valence-electron chi connectivity index (χ0n) is 11.3. The highest BCUT2D eigenvalue weighted by Crippen LogP contribution is 2.24. The number of aromatic nitrogens is 2. The molecule has 0 spiro atoms. The lowest BCUT2D eigenvalue weighted by Gasteiger charge is -2.26. The second kappa shape index (κ2) is 5.83. The minimum atomic E-state index is -3.51. The number of anilines is 1. The van der Waals surface area contributed by atoms with Crippen LogP contribution in [0.5, 0.6) is 0 Å². The van der Waals surface area contributed by atoms with Crippen LogP contribution in [-0.2, 0) is 10.0 Å². The average molecular weight is 284 g/mol. The molecule has 1 aliphatic carbocycles. The van der Waals surface area contributed by atoms with Crippen LogP contribution in [-0.4, -0.2) is 31.5 Å². The van der Waals surface area contributed by atoms with Gasteiger partial charge in [0.2, 0.25) is 16.0 Å². The highest BCUT2D eigenvalue weighted by molar-refractivity contribution is 7.89. The maximum absolute atomic E-state index is 12.2. The first-order valence-corrected chi connectivity index (χ1v) is 8.01. The monoisotopic (exact) mass is 284 g/mol. The molecule has 0 aliphatic heterocycles. The molecule has 0 unspecified atom stereocenters. The van der Waals surface area contributed by atoms with Crippen LogP contribution in [0.1, 0.15) is 32.6 Å². The van der Waals surface area contributed by atoms with Crippen molar-refractivity contribution in [2.75, 3.05) is 12.4 Å². The molecule has 6 nitrogen and oxygen atoms in total. The molecule has 0 radical (unpaired) electrons. The first kappa shape index (κ1) is 14.2. The number of hydrogen-bond donors (Lipinski definition) is 2. The van der Waals surface area contributed by atoms with Crippen LogP contribution in [0.4, 0.5) is 5.95 Å². The molecule has 7 heteroatoms. The summed E-state index contributed by atoms with van der Waals surface area (Å²) in [6, 6.07) is 0.0326. The molecule has 1 fully saturated rings. The quantitative estimate of drug-likeness (QED) is 0.872. The summed E-state index contributed by atoms with van der Waals surface area (Å²) >= 11 is 0. The largest absolute Gasteiger partial charge is 0.357 e. The van der Waals surface area contributed by atoms with Gasteiger partial charge in [-0.05, 0) is 31.6 Å². The van der Waals surface area contributed by atoms with Crippen LogP contribution in [0.25, 0.3) is 0 Å². The Balaban J connectivity index is 2.05. The Morgan fingerprint density at radius 1 is 1.16 bits per heavy atom. The fourth-order valence-corrected chi connectivity index (χ4v) is 3.44. The molecule has 0 amide bonds. The summed E-state index contributed by atoms with van der Waals surface area (Å²) in [4.78, 5) is 7.97. The third-order valence-electron chi connectivity index (χ3n) is 3.50. The highest BCUT2D eigenvalue weighted by atomic mass is 32.2. The predicted octanol–water partition coefficient (Wildman–Crippen LogP) is 1.38. The maximum atomic E-state index is 12.2. The van der Waals surface area contributed by atoms with Crippen molar-refractivity contribution in [3.63, 3.8) is 0 Å². The van der Waals surface area contributed by atoms with E-state index >= 15 is 0 Å². The Hall–Kier alpha value is -1.21. The fraction of sp³-hybridized carbons (Fsp3) is 0.667. The van der Waals surface area contributed by atoms with Gasteiger partial charge in [0.25, 0.3) is 0 Å². The van der Waals surface area contributed by atoms with E-state index in [2.05, 4.69) is 26.9 Å². The minimum Gasteiger partial charge on any atom is -0.357 e. The van der Waals surface area contributed by atoms with Gasteiger partial charge in [0.15, 0.2) is 0 Å². The van der Waals surface area contributed by atoms with Crippen LogP contribution in [0.2, 0.25) is 0 Å². The van der Waals surface area contributed by atoms with Crippen molar-refractivity contribution in [2.24, 2.45) is 5.92 Å². The molecule has 2 N–H and O–H groups in total. The van der Waals surface area contributed by atoms with E-state index in [0.717, 1.165) is 25.7 Å². The number of hydrogen-bond acceptors (Lipinski definition) is 5. The SMILES string of the molecule is CNc1ncc(S(=O)(=O)NC2CCC(C)CC2)cn1. The Morgan fingerprint density at radius 2 is 1.74 bits per heavy atom. The summed E-state index contributed by atoms with van der Waals surface area (Å²) in [5, 5.41) is 2.75. The van der Waals surface area contributed by atoms with Gasteiger partial charge < -0.3 is 5.32 Å². The van der Waals surface area contributed by atoms with Crippen LogP contribution in [0, 0.1) is 5.92 Å². The minimum absolute atomic E-state index is 0.0326. The van der Waals surface area contributed by atoms with E-state index in [1.165, 1.54) is 12.4 Å². The zero-order chi connectivity index (χ0) is 13.9. The first-order chi connectivity index (χ1) is 9.01. The smallest absolute Gasteiger partial charge is 0.243 e. The van der Waals surface area contributed by atoms with Crippen LogP contribution in [0.3, 0.4) is 0 Å². The Morgan fingerprint density at radius 3 is 2.26 bits per heavy atom. The summed E-state index contributed by atoms with van der Waals surface area (Å²) in [7, 11) is -1.82. The molecule has 1 saturated carbocycles. The summed E-state index contributed by atoms with van der Waals surface area (Å²) in [5.41, 5.74) is 0. The molecule has 19 heavy (non-hydrogen) atoms. The molecule has 1 aromatic rings. The molecule has 1 heterocycles. The standard InChI is InChI=1S/C12H20N4O2S/c1-9-3-5-10(6-4-9)16-19(17,18)11-7-14-12(13-2)15-8-11/h7-10,16H,3-6H2,1-2H3,(H,13,14,15). The number of nitrogens with one attached hydrogen (secondary N) is 2. The van der Waals surface area contributed by atoms with Gasteiger partial charge in [-0.15, -0.1) is 0 Å². The van der Waals surface area contributed by atoms with Crippen LogP contribution >= 0.6 is 0 Å². The van der Waals surface area contributed by atoms with E-state index in [-0.39, 0.29) is 10.9 Å². The third kappa shape index (κ3) is 3.63. The summed E-state index contributed by atoms with van der Waals surface area (Å²) in [5.74, 6) is 1.10. The van der Waals surface area contributed by atoms with E-state index in [4.69, 9.17) is 0 Å². The Bertz CT molecular complexity index is 507. The van der Waals surface area contributed by atoms with Crippen molar-refractivity contribution in [2.45, 2.75) is 43.5 Å². The van der Waals surface area contributed by atoms with Gasteiger partial charge in [-0.1, -0.05) is 6.92 Å². The molecular formula is C12H20N4O2S. The van der Waals surface area contributed by atoms with E-state index in [1.54, 1.807) is 7.05 Å². The summed E-state index contributed by atoms with van der Waals surface area (Å²) in [6.45, 7) is 2.20. The van der Waals surface area contributed by atoms with Crippen molar-refractivity contribution in [1.29, 1.82) is 0 Å². The molecule has 1 aliphatic rings. The van der Waals surface area contributed by atoms with Crippen molar-refractivity contribution in [3.8, 4) is 0 Å². The van der Waals surface area contributed by atoms with Crippen molar-refractivity contribution in [1.82, 2.24) is 14.7 Å². The number of rotatable bonds is 4. The van der Waals surface area contributed by atoms with Gasteiger partial charge in [0.05, 0.1) is 12.4 Å². The van der Waals surface area contributed by atoms with E-state index in [9.17, 15) is 8.42 Å². The molecule has 0 atom stereocenters. The maximum Gasteiger partial charge on any atom is 0.243 e. The molecule has 0 aromatic carbocycles. The third-order valence-corrected chi connectivity index (χ3v) is 4.97. The highest BCUT2D eigenvalue weighted by Gasteiger charge is 2.24. The first-order valence-electron chi connectivity index (χ1n) is 6.53. The lowest BCUT2D eigenvalue weighted by molar-refractivity contribution is 0.332. The molecule has 1 aromatic heterocycles. The number of sulfonamides is 1. The molecule has 2 rings (SSSR count). The molecular weight excluding hydrogens is 264 g/mol. The van der Waals surface area contributed by atoms with E-state index in [1.807, 2.05) is 0 Å². The van der Waals surface area contributed by atoms with Gasteiger partial charge in [0, 0.05) is 13.1 Å². The van der Waals surface area contributed by atoms with E-state index < -0.39 is 10.0 Å². The van der Waals surface area contributed by atoms with Crippen LogP contribution < -0.4 is 10.0 Å².